The normalized spacial score (nSPS) is 11.5. The third-order valence-electron chi connectivity index (χ3n) is 2.58. The Balaban J connectivity index is 2.68. The summed E-state index contributed by atoms with van der Waals surface area (Å²) in [6.07, 6.45) is -4.69. The second kappa shape index (κ2) is 5.07. The van der Waals surface area contributed by atoms with Crippen LogP contribution in [0.25, 0.3) is 11.3 Å². The van der Waals surface area contributed by atoms with Crippen molar-refractivity contribution in [3.05, 3.63) is 47.7 Å². The molecule has 1 aromatic heterocycles. The lowest BCUT2D eigenvalue weighted by Gasteiger charge is -2.12. The summed E-state index contributed by atoms with van der Waals surface area (Å²) in [7, 11) is 1.20. The number of ether oxygens (including phenoxy) is 1. The van der Waals surface area contributed by atoms with Crippen molar-refractivity contribution in [1.29, 1.82) is 0 Å². The van der Waals surface area contributed by atoms with Gasteiger partial charge in [0.2, 0.25) is 0 Å². The van der Waals surface area contributed by atoms with Gasteiger partial charge in [0.05, 0.1) is 7.11 Å². The molecule has 0 spiro atoms. The lowest BCUT2D eigenvalue weighted by Crippen LogP contribution is -2.09. The smallest absolute Gasteiger partial charge is 0.433 e. The molecule has 0 radical (unpaired) electrons. The highest BCUT2D eigenvalue weighted by atomic mass is 19.4. The minimum Gasteiger partial charge on any atom is -0.494 e. The van der Waals surface area contributed by atoms with Crippen LogP contribution in [0.2, 0.25) is 0 Å². The molecule has 1 heterocycles. The maximum atomic E-state index is 13.7. The summed E-state index contributed by atoms with van der Waals surface area (Å²) in [6, 6.07) is 4.88. The lowest BCUT2D eigenvalue weighted by atomic mass is 10.1. The molecule has 0 aliphatic carbocycles. The van der Waals surface area contributed by atoms with E-state index in [2.05, 4.69) is 4.98 Å². The molecule has 1 aromatic carbocycles. The molecule has 0 saturated carbocycles. The van der Waals surface area contributed by atoms with E-state index in [4.69, 9.17) is 4.74 Å². The maximum Gasteiger partial charge on any atom is 0.433 e. The average Bonchev–Trinajstić information content (AvgIpc) is 2.40. The molecule has 0 fully saturated rings. The summed E-state index contributed by atoms with van der Waals surface area (Å²) in [5.41, 5.74) is -2.01. The predicted octanol–water partition coefficient (Wildman–Crippen LogP) is 4.05. The van der Waals surface area contributed by atoms with Crippen LogP contribution in [0.3, 0.4) is 0 Å². The highest BCUT2D eigenvalue weighted by Gasteiger charge is 2.33. The minimum absolute atomic E-state index is 0.0810. The number of nitrogens with zero attached hydrogens (tertiary/aromatic N) is 1. The molecule has 20 heavy (non-hydrogen) atoms. The van der Waals surface area contributed by atoms with E-state index in [1.807, 2.05) is 0 Å². The number of aromatic nitrogens is 1. The van der Waals surface area contributed by atoms with Gasteiger partial charge in [-0.25, -0.2) is 13.8 Å². The molecule has 0 amide bonds. The summed E-state index contributed by atoms with van der Waals surface area (Å²) in [5, 5.41) is 0. The van der Waals surface area contributed by atoms with Crippen LogP contribution in [0, 0.1) is 11.6 Å². The molecule has 2 rings (SSSR count). The first kappa shape index (κ1) is 14.2. The molecule has 0 aliphatic rings. The Bertz CT molecular complexity index is 639. The van der Waals surface area contributed by atoms with E-state index < -0.39 is 34.8 Å². The topological polar surface area (TPSA) is 22.1 Å². The van der Waals surface area contributed by atoms with Crippen LogP contribution in [0.15, 0.2) is 30.3 Å². The SMILES string of the molecule is COc1ccc(C(F)(F)F)nc1-c1cccc(F)c1F. The first-order valence-electron chi connectivity index (χ1n) is 5.41. The van der Waals surface area contributed by atoms with Crippen LogP contribution in [0.4, 0.5) is 22.0 Å². The molecule has 7 heteroatoms. The van der Waals surface area contributed by atoms with Gasteiger partial charge >= 0.3 is 6.18 Å². The Morgan fingerprint density at radius 2 is 1.75 bits per heavy atom. The molecule has 2 nitrogen and oxygen atoms in total. The number of hydrogen-bond acceptors (Lipinski definition) is 2. The Hall–Kier alpha value is -2.18. The van der Waals surface area contributed by atoms with Crippen molar-refractivity contribution in [2.75, 3.05) is 7.11 Å². The fourth-order valence-corrected chi connectivity index (χ4v) is 1.65. The highest BCUT2D eigenvalue weighted by Crippen LogP contribution is 2.35. The van der Waals surface area contributed by atoms with Crippen LogP contribution < -0.4 is 4.74 Å². The largest absolute Gasteiger partial charge is 0.494 e. The third kappa shape index (κ3) is 2.56. The van der Waals surface area contributed by atoms with Crippen molar-refractivity contribution < 1.29 is 26.7 Å². The number of alkyl halides is 3. The van der Waals surface area contributed by atoms with E-state index in [9.17, 15) is 22.0 Å². The van der Waals surface area contributed by atoms with Gasteiger partial charge in [0.1, 0.15) is 17.1 Å². The van der Waals surface area contributed by atoms with Gasteiger partial charge < -0.3 is 4.74 Å². The lowest BCUT2D eigenvalue weighted by molar-refractivity contribution is -0.141. The Morgan fingerprint density at radius 3 is 2.35 bits per heavy atom. The van der Waals surface area contributed by atoms with Crippen molar-refractivity contribution in [1.82, 2.24) is 4.98 Å². The van der Waals surface area contributed by atoms with Gasteiger partial charge in [-0.1, -0.05) is 6.07 Å². The average molecular weight is 289 g/mol. The summed E-state index contributed by atoms with van der Waals surface area (Å²) >= 11 is 0. The third-order valence-corrected chi connectivity index (χ3v) is 2.58. The fraction of sp³-hybridized carbons (Fsp3) is 0.154. The van der Waals surface area contributed by atoms with Crippen LogP contribution in [0.1, 0.15) is 5.69 Å². The van der Waals surface area contributed by atoms with Gasteiger partial charge in [0.25, 0.3) is 0 Å². The monoisotopic (exact) mass is 289 g/mol. The summed E-state index contributed by atoms with van der Waals surface area (Å²) in [4.78, 5) is 3.33. The molecule has 0 bridgehead atoms. The molecule has 106 valence electrons. The molecule has 0 aliphatic heterocycles. The Morgan fingerprint density at radius 1 is 1.05 bits per heavy atom. The molecular formula is C13H8F5NO. The van der Waals surface area contributed by atoms with E-state index in [0.717, 1.165) is 18.2 Å². The Labute approximate surface area is 110 Å². The van der Waals surface area contributed by atoms with Crippen molar-refractivity contribution in [2.45, 2.75) is 6.18 Å². The van der Waals surface area contributed by atoms with E-state index in [1.165, 1.54) is 13.2 Å². The number of rotatable bonds is 2. The molecular weight excluding hydrogens is 281 g/mol. The van der Waals surface area contributed by atoms with Crippen LogP contribution in [-0.4, -0.2) is 12.1 Å². The zero-order valence-electron chi connectivity index (χ0n) is 10.1. The van der Waals surface area contributed by atoms with Crippen LogP contribution in [0.5, 0.6) is 5.75 Å². The van der Waals surface area contributed by atoms with Gasteiger partial charge in [0.15, 0.2) is 11.6 Å². The Kier molecular flexibility index (Phi) is 3.61. The first-order chi connectivity index (χ1) is 9.34. The minimum atomic E-state index is -4.69. The standard InChI is InChI=1S/C13H8F5NO/c1-20-9-5-6-10(13(16,17)18)19-12(9)7-3-2-4-8(14)11(7)15/h2-6H,1H3. The zero-order chi connectivity index (χ0) is 14.9. The molecule has 0 unspecified atom stereocenters. The quantitative estimate of drug-likeness (QED) is 0.778. The van der Waals surface area contributed by atoms with E-state index >= 15 is 0 Å². The molecule has 0 atom stereocenters. The van der Waals surface area contributed by atoms with E-state index in [-0.39, 0.29) is 5.75 Å². The van der Waals surface area contributed by atoms with Gasteiger partial charge in [-0.3, -0.25) is 0 Å². The van der Waals surface area contributed by atoms with E-state index in [0.29, 0.717) is 6.07 Å². The summed E-state index contributed by atoms with van der Waals surface area (Å²) in [6.45, 7) is 0. The van der Waals surface area contributed by atoms with Gasteiger partial charge in [-0.05, 0) is 24.3 Å². The molecule has 0 saturated heterocycles. The number of methoxy groups -OCH3 is 1. The predicted molar refractivity (Wildman–Crippen MR) is 61.1 cm³/mol. The number of halogens is 5. The van der Waals surface area contributed by atoms with E-state index in [1.54, 1.807) is 0 Å². The van der Waals surface area contributed by atoms with Crippen molar-refractivity contribution in [2.24, 2.45) is 0 Å². The van der Waals surface area contributed by atoms with Crippen molar-refractivity contribution in [3.63, 3.8) is 0 Å². The summed E-state index contributed by atoms with van der Waals surface area (Å²) in [5.74, 6) is -2.54. The molecule has 2 aromatic rings. The second-order valence-corrected chi connectivity index (χ2v) is 3.85. The first-order valence-corrected chi connectivity index (χ1v) is 5.41. The van der Waals surface area contributed by atoms with Crippen LogP contribution >= 0.6 is 0 Å². The fourth-order valence-electron chi connectivity index (χ4n) is 1.65. The maximum absolute atomic E-state index is 13.7. The van der Waals surface area contributed by atoms with Crippen molar-refractivity contribution >= 4 is 0 Å². The van der Waals surface area contributed by atoms with Gasteiger partial charge in [0, 0.05) is 5.56 Å². The van der Waals surface area contributed by atoms with Gasteiger partial charge in [-0.15, -0.1) is 0 Å². The zero-order valence-corrected chi connectivity index (χ0v) is 10.1. The van der Waals surface area contributed by atoms with Crippen molar-refractivity contribution in [3.8, 4) is 17.0 Å². The highest BCUT2D eigenvalue weighted by molar-refractivity contribution is 5.67. The second-order valence-electron chi connectivity index (χ2n) is 3.85. The number of hydrogen-bond donors (Lipinski definition) is 0. The number of benzene rings is 1. The molecule has 0 N–H and O–H groups in total. The summed E-state index contributed by atoms with van der Waals surface area (Å²) < 4.78 is 69.6. The number of pyridine rings is 1. The van der Waals surface area contributed by atoms with Crippen LogP contribution in [-0.2, 0) is 6.18 Å². The van der Waals surface area contributed by atoms with Gasteiger partial charge in [-0.2, -0.15) is 13.2 Å².